The van der Waals surface area contributed by atoms with Crippen molar-refractivity contribution in [1.29, 1.82) is 0 Å². The molecule has 5 heteroatoms. The van der Waals surface area contributed by atoms with Crippen molar-refractivity contribution in [3.05, 3.63) is 206 Å². The van der Waals surface area contributed by atoms with Crippen LogP contribution in [-0.2, 0) is 5.75 Å². The smallest absolute Gasteiger partial charge is 0.179 e. The van der Waals surface area contributed by atoms with E-state index in [-0.39, 0.29) is 0 Å². The minimum atomic E-state index is -2.88. The van der Waals surface area contributed by atoms with Crippen LogP contribution in [0.25, 0.3) is 55.3 Å². The van der Waals surface area contributed by atoms with Crippen molar-refractivity contribution in [2.45, 2.75) is 10.6 Å². The van der Waals surface area contributed by atoms with Crippen LogP contribution in [0.1, 0.15) is 5.82 Å². The zero-order valence-corrected chi connectivity index (χ0v) is 31.8. The van der Waals surface area contributed by atoms with Gasteiger partial charge in [-0.1, -0.05) is 152 Å². The van der Waals surface area contributed by atoms with E-state index in [9.17, 15) is 0 Å². The second-order valence-corrected chi connectivity index (χ2v) is 19.1. The van der Waals surface area contributed by atoms with Gasteiger partial charge in [-0.2, -0.15) is 0 Å². The molecule has 1 aliphatic heterocycles. The molecule has 1 aliphatic rings. The minimum Gasteiger partial charge on any atom is -0.309 e. The Morgan fingerprint density at radius 3 is 1.75 bits per heavy atom. The molecular formula is C50H35N3SSi. The average molecular weight is 738 g/mol. The van der Waals surface area contributed by atoms with Gasteiger partial charge in [-0.15, -0.1) is 11.8 Å². The summed E-state index contributed by atoms with van der Waals surface area (Å²) >= 11 is 1.87. The predicted octanol–water partition coefficient (Wildman–Crippen LogP) is 9.77. The summed E-state index contributed by atoms with van der Waals surface area (Å²) < 4.78 is 4.78. The number of fused-ring (bicyclic) bond motifs is 8. The Labute approximate surface area is 325 Å². The first-order valence-electron chi connectivity index (χ1n) is 18.8. The summed E-state index contributed by atoms with van der Waals surface area (Å²) in [4.78, 5) is 6.48. The van der Waals surface area contributed by atoms with Gasteiger partial charge in [-0.3, -0.25) is 4.57 Å². The molecule has 8 aromatic carbocycles. The Hall–Kier alpha value is -6.40. The molecule has 10 aromatic rings. The van der Waals surface area contributed by atoms with E-state index in [0.717, 1.165) is 22.6 Å². The van der Waals surface area contributed by atoms with Crippen LogP contribution in [0.4, 0.5) is 0 Å². The molecule has 11 rings (SSSR count). The molecule has 2 aromatic heterocycles. The van der Waals surface area contributed by atoms with Crippen molar-refractivity contribution in [1.82, 2.24) is 14.1 Å². The van der Waals surface area contributed by atoms with E-state index in [1.54, 1.807) is 0 Å². The van der Waals surface area contributed by atoms with Crippen LogP contribution in [0.5, 0.6) is 0 Å². The van der Waals surface area contributed by atoms with Gasteiger partial charge >= 0.3 is 0 Å². The van der Waals surface area contributed by atoms with Gasteiger partial charge in [0.1, 0.15) is 5.82 Å². The Bertz CT molecular complexity index is 2960. The largest absolute Gasteiger partial charge is 0.309 e. The van der Waals surface area contributed by atoms with Gasteiger partial charge in [0, 0.05) is 21.4 Å². The summed E-state index contributed by atoms with van der Waals surface area (Å²) in [6.07, 6.45) is 0. The van der Waals surface area contributed by atoms with Crippen molar-refractivity contribution in [2.24, 2.45) is 0 Å². The molecule has 0 fully saturated rings. The summed E-state index contributed by atoms with van der Waals surface area (Å²) in [7, 11) is -2.88. The molecule has 0 aliphatic carbocycles. The summed E-state index contributed by atoms with van der Waals surface area (Å²) in [6, 6.07) is 74.2. The molecule has 260 valence electrons. The van der Waals surface area contributed by atoms with Crippen LogP contribution in [0.15, 0.2) is 205 Å². The van der Waals surface area contributed by atoms with E-state index >= 15 is 0 Å². The van der Waals surface area contributed by atoms with Crippen LogP contribution in [-0.4, -0.2) is 22.2 Å². The van der Waals surface area contributed by atoms with Gasteiger partial charge in [-0.05, 0) is 80.4 Å². The maximum atomic E-state index is 5.18. The standard InChI is InChI=1S/C50H35N3SSi/c1-3-17-38(18-4-1)55(39-19-5-2-6-20-39,41-22-14-16-37(33-41)52-45-25-9-7-23-42(45)43-24-8-10-26-46(43)52)40-21-13-15-35(31-40)36-29-30-47-44(32-36)51-50-34-54-49-28-12-11-27-48(49)53(47)50/h1-33H,34H2. The normalized spacial score (nSPS) is 12.6. The number of thioether (sulfide) groups is 1. The van der Waals surface area contributed by atoms with E-state index in [4.69, 9.17) is 4.98 Å². The van der Waals surface area contributed by atoms with E-state index < -0.39 is 8.07 Å². The van der Waals surface area contributed by atoms with Crippen LogP contribution >= 0.6 is 11.8 Å². The van der Waals surface area contributed by atoms with Gasteiger partial charge in [0.15, 0.2) is 8.07 Å². The first-order chi connectivity index (χ1) is 27.3. The van der Waals surface area contributed by atoms with Gasteiger partial charge < -0.3 is 4.57 Å². The van der Waals surface area contributed by atoms with Crippen LogP contribution in [0, 0.1) is 0 Å². The number of imidazole rings is 1. The number of aromatic nitrogens is 3. The Balaban J connectivity index is 1.13. The third-order valence-corrected chi connectivity index (χ3v) is 17.2. The topological polar surface area (TPSA) is 22.8 Å². The molecule has 0 unspecified atom stereocenters. The lowest BCUT2D eigenvalue weighted by Crippen LogP contribution is -2.74. The fourth-order valence-corrected chi connectivity index (χ4v) is 14.7. The molecule has 3 nitrogen and oxygen atoms in total. The predicted molar refractivity (Wildman–Crippen MR) is 234 cm³/mol. The van der Waals surface area contributed by atoms with Crippen molar-refractivity contribution < 1.29 is 0 Å². The molecule has 3 heterocycles. The van der Waals surface area contributed by atoms with Crippen LogP contribution < -0.4 is 20.7 Å². The second-order valence-electron chi connectivity index (χ2n) is 14.3. The quantitative estimate of drug-likeness (QED) is 0.125. The molecule has 0 spiro atoms. The number of rotatable bonds is 6. The highest BCUT2D eigenvalue weighted by atomic mass is 32.2. The molecule has 0 amide bonds. The summed E-state index contributed by atoms with van der Waals surface area (Å²) in [6.45, 7) is 0. The minimum absolute atomic E-state index is 0.868. The lowest BCUT2D eigenvalue weighted by atomic mass is 10.1. The van der Waals surface area contributed by atoms with Gasteiger partial charge in [0.2, 0.25) is 0 Å². The number of benzene rings is 8. The summed E-state index contributed by atoms with van der Waals surface area (Å²) in [5, 5.41) is 7.93. The third kappa shape index (κ3) is 5.01. The van der Waals surface area contributed by atoms with Crippen molar-refractivity contribution in [3.8, 4) is 22.5 Å². The van der Waals surface area contributed by atoms with Crippen LogP contribution in [0.2, 0.25) is 0 Å². The highest BCUT2D eigenvalue weighted by Gasteiger charge is 2.42. The number of hydrogen-bond acceptors (Lipinski definition) is 2. The molecule has 0 atom stereocenters. The first-order valence-corrected chi connectivity index (χ1v) is 21.8. The van der Waals surface area contributed by atoms with Gasteiger partial charge in [-0.25, -0.2) is 4.98 Å². The maximum absolute atomic E-state index is 5.18. The lowest BCUT2D eigenvalue weighted by molar-refractivity contribution is 0.945. The number of hydrogen-bond donors (Lipinski definition) is 0. The monoisotopic (exact) mass is 737 g/mol. The molecule has 55 heavy (non-hydrogen) atoms. The average Bonchev–Trinajstić information content (AvgIpc) is 3.81. The molecule has 0 saturated heterocycles. The Morgan fingerprint density at radius 1 is 0.436 bits per heavy atom. The van der Waals surface area contributed by atoms with E-state index in [1.807, 2.05) is 11.8 Å². The summed E-state index contributed by atoms with van der Waals surface area (Å²) in [5.41, 5.74) is 9.38. The van der Waals surface area contributed by atoms with Gasteiger partial charge in [0.25, 0.3) is 0 Å². The van der Waals surface area contributed by atoms with E-state index in [1.165, 1.54) is 69.9 Å². The highest BCUT2D eigenvalue weighted by molar-refractivity contribution is 7.98. The zero-order valence-electron chi connectivity index (χ0n) is 30.0. The summed E-state index contributed by atoms with van der Waals surface area (Å²) in [5.74, 6) is 1.97. The van der Waals surface area contributed by atoms with E-state index in [0.29, 0.717) is 0 Å². The SMILES string of the molecule is c1ccc([Si](c2ccccc2)(c2cccc(-c3ccc4c(c3)nc3n4-c4ccccc4SC3)c2)c2cccc(-n3c4ccccc4c4ccccc43)c2)cc1. The fourth-order valence-electron chi connectivity index (χ4n) is 8.97. The maximum Gasteiger partial charge on any atom is 0.179 e. The van der Waals surface area contributed by atoms with E-state index in [2.05, 4.69) is 209 Å². The number of para-hydroxylation sites is 3. The Morgan fingerprint density at radius 2 is 1.02 bits per heavy atom. The lowest BCUT2D eigenvalue weighted by Gasteiger charge is -2.35. The molecule has 0 saturated carbocycles. The fraction of sp³-hybridized carbons (Fsp3) is 0.0200. The van der Waals surface area contributed by atoms with Crippen molar-refractivity contribution in [3.63, 3.8) is 0 Å². The third-order valence-electron chi connectivity index (χ3n) is 11.3. The molecule has 0 N–H and O–H groups in total. The molecular weight excluding hydrogens is 703 g/mol. The molecule has 0 radical (unpaired) electrons. The highest BCUT2D eigenvalue weighted by Crippen LogP contribution is 2.38. The zero-order chi connectivity index (χ0) is 36.3. The number of nitrogens with zero attached hydrogens (tertiary/aromatic N) is 3. The van der Waals surface area contributed by atoms with Gasteiger partial charge in [0.05, 0.1) is 33.5 Å². The van der Waals surface area contributed by atoms with Crippen molar-refractivity contribution >= 4 is 73.4 Å². The van der Waals surface area contributed by atoms with Crippen LogP contribution in [0.3, 0.4) is 0 Å². The molecule has 0 bridgehead atoms. The first kappa shape index (κ1) is 32.1. The second kappa shape index (κ2) is 12.9. The Kier molecular flexibility index (Phi) is 7.51. The van der Waals surface area contributed by atoms with Crippen molar-refractivity contribution in [2.75, 3.05) is 0 Å².